The average Bonchev–Trinajstić information content (AvgIpc) is 2.34. The van der Waals surface area contributed by atoms with E-state index in [9.17, 15) is 4.79 Å². The van der Waals surface area contributed by atoms with Gasteiger partial charge in [-0.3, -0.25) is 0 Å². The summed E-state index contributed by atoms with van der Waals surface area (Å²) in [6.07, 6.45) is 0.667. The van der Waals surface area contributed by atoms with Crippen LogP contribution in [0.4, 0.5) is 5.82 Å². The molecule has 2 N–H and O–H groups in total. The second kappa shape index (κ2) is 22.0. The molecule has 0 saturated carbocycles. The van der Waals surface area contributed by atoms with Crippen molar-refractivity contribution in [3.63, 3.8) is 0 Å². The first-order valence-corrected chi connectivity index (χ1v) is 6.24. The molecule has 0 unspecified atom stereocenters. The van der Waals surface area contributed by atoms with Crippen molar-refractivity contribution >= 4 is 11.6 Å². The predicted octanol–water partition coefficient (Wildman–Crippen LogP) is 4.01. The minimum absolute atomic E-state index is 0. The van der Waals surface area contributed by atoms with Crippen LogP contribution in [0, 0.1) is 6.92 Å². The van der Waals surface area contributed by atoms with Crippen molar-refractivity contribution in [3.05, 3.63) is 23.9 Å². The van der Waals surface area contributed by atoms with Gasteiger partial charge in [-0.05, 0) is 26.0 Å². The van der Waals surface area contributed by atoms with Crippen LogP contribution in [0.5, 0.6) is 0 Å². The van der Waals surface area contributed by atoms with Gasteiger partial charge in [0.15, 0.2) is 0 Å². The largest absolute Gasteiger partial charge is 0.384 e. The van der Waals surface area contributed by atoms with Crippen LogP contribution in [0.15, 0.2) is 18.2 Å². The number of rotatable bonds is 1. The molecule has 0 aliphatic heterocycles. The number of ketones is 1. The molecule has 18 heavy (non-hydrogen) atoms. The number of anilines is 1. The third kappa shape index (κ3) is 24.8. The van der Waals surface area contributed by atoms with Crippen molar-refractivity contribution < 1.29 is 37.5 Å². The predicted molar refractivity (Wildman–Crippen MR) is 77.1 cm³/mol. The number of nitrogens with two attached hydrogens (primary N) is 1. The monoisotopic (exact) mass is 329 g/mol. The first kappa shape index (κ1) is 26.3. The van der Waals surface area contributed by atoms with Crippen molar-refractivity contribution in [2.24, 2.45) is 0 Å². The molecule has 0 spiro atoms. The Morgan fingerprint density at radius 3 is 1.78 bits per heavy atom. The molecule has 4 heteroatoms. The van der Waals surface area contributed by atoms with Gasteiger partial charge in [-0.1, -0.05) is 40.7 Å². The number of Topliss-reactive ketones (excluding diaryl/α,β-unsaturated/α-hetero) is 1. The van der Waals surface area contributed by atoms with Crippen molar-refractivity contribution in [2.45, 2.75) is 54.9 Å². The summed E-state index contributed by atoms with van der Waals surface area (Å²) in [7, 11) is 0. The molecule has 1 heterocycles. The number of nitrogens with zero attached hydrogens (tertiary/aromatic N) is 1. The quantitative estimate of drug-likeness (QED) is 0.847. The molecule has 1 rings (SSSR count). The van der Waals surface area contributed by atoms with Gasteiger partial charge < -0.3 is 10.5 Å². The molecule has 0 saturated heterocycles. The van der Waals surface area contributed by atoms with Gasteiger partial charge in [-0.15, -0.1) is 0 Å². The standard InChI is InChI=1S/C6H8N2.C4H8O.2C2H6.Y/c1-5-3-2-4-6(7)8-5;1-3-4(2)5;2*1-2;/h2-4H,1H3,(H2,7,8);3H2,1-2H3;2*1-2H3;. The van der Waals surface area contributed by atoms with E-state index in [1.807, 2.05) is 53.7 Å². The van der Waals surface area contributed by atoms with Crippen LogP contribution in [-0.2, 0) is 37.5 Å². The zero-order valence-electron chi connectivity index (χ0n) is 12.9. The number of aromatic nitrogens is 1. The second-order valence-electron chi connectivity index (χ2n) is 2.76. The van der Waals surface area contributed by atoms with Crippen molar-refractivity contribution in [2.75, 3.05) is 5.73 Å². The summed E-state index contributed by atoms with van der Waals surface area (Å²) < 4.78 is 0. The van der Waals surface area contributed by atoms with E-state index in [4.69, 9.17) is 5.73 Å². The molecule has 1 radical (unpaired) electrons. The number of carbonyl (C=O) groups excluding carboxylic acids is 1. The fourth-order valence-corrected chi connectivity index (χ4v) is 0.564. The maximum absolute atomic E-state index is 9.81. The van der Waals surface area contributed by atoms with Crippen molar-refractivity contribution in [1.29, 1.82) is 0 Å². The molecule has 1 aromatic rings. The van der Waals surface area contributed by atoms with Gasteiger partial charge >= 0.3 is 0 Å². The van der Waals surface area contributed by atoms with Crippen molar-refractivity contribution in [3.8, 4) is 0 Å². The third-order valence-electron chi connectivity index (χ3n) is 1.41. The summed E-state index contributed by atoms with van der Waals surface area (Å²) in [6.45, 7) is 13.3. The fourth-order valence-electron chi connectivity index (χ4n) is 0.564. The molecular formula is C14H28N2OY. The van der Waals surface area contributed by atoms with Gasteiger partial charge in [0.2, 0.25) is 0 Å². The van der Waals surface area contributed by atoms with E-state index in [2.05, 4.69) is 4.98 Å². The van der Waals surface area contributed by atoms with Gasteiger partial charge in [-0.2, -0.15) is 0 Å². The second-order valence-corrected chi connectivity index (χ2v) is 2.76. The van der Waals surface area contributed by atoms with Crippen molar-refractivity contribution in [1.82, 2.24) is 4.98 Å². The Bertz CT molecular complexity index is 261. The van der Waals surface area contributed by atoms with Crippen LogP contribution < -0.4 is 5.73 Å². The fraction of sp³-hybridized carbons (Fsp3) is 0.571. The summed E-state index contributed by atoms with van der Waals surface area (Å²) in [5, 5.41) is 0. The molecule has 0 aliphatic carbocycles. The molecule has 1 aromatic heterocycles. The zero-order valence-corrected chi connectivity index (χ0v) is 15.8. The van der Waals surface area contributed by atoms with E-state index in [1.54, 1.807) is 13.0 Å². The van der Waals surface area contributed by atoms with E-state index in [1.165, 1.54) is 0 Å². The normalized spacial score (nSPS) is 6.83. The molecule has 0 fully saturated rings. The van der Waals surface area contributed by atoms with Crippen LogP contribution in [-0.4, -0.2) is 10.8 Å². The van der Waals surface area contributed by atoms with Crippen LogP contribution >= 0.6 is 0 Å². The molecular weight excluding hydrogens is 301 g/mol. The number of aryl methyl sites for hydroxylation is 1. The molecule has 0 bridgehead atoms. The summed E-state index contributed by atoms with van der Waals surface area (Å²) in [4.78, 5) is 13.8. The zero-order chi connectivity index (χ0) is 14.3. The van der Waals surface area contributed by atoms with Gasteiger partial charge in [0.25, 0.3) is 0 Å². The molecule has 0 amide bonds. The smallest absolute Gasteiger partial charge is 0.129 e. The minimum Gasteiger partial charge on any atom is -0.384 e. The van der Waals surface area contributed by atoms with E-state index in [0.29, 0.717) is 12.2 Å². The van der Waals surface area contributed by atoms with Crippen LogP contribution in [0.3, 0.4) is 0 Å². The Kier molecular flexibility index (Phi) is 32.1. The Morgan fingerprint density at radius 1 is 1.22 bits per heavy atom. The first-order valence-electron chi connectivity index (χ1n) is 6.24. The Balaban J connectivity index is -0.0000000863. The summed E-state index contributed by atoms with van der Waals surface area (Å²) >= 11 is 0. The van der Waals surface area contributed by atoms with E-state index >= 15 is 0 Å². The van der Waals surface area contributed by atoms with Gasteiger partial charge in [-0.25, -0.2) is 4.98 Å². The Labute approximate surface area is 138 Å². The van der Waals surface area contributed by atoms with E-state index < -0.39 is 0 Å². The number of pyridine rings is 1. The van der Waals surface area contributed by atoms with Crippen LogP contribution in [0.25, 0.3) is 0 Å². The number of carbonyl (C=O) groups is 1. The third-order valence-corrected chi connectivity index (χ3v) is 1.41. The Hall–Kier alpha value is -0.276. The summed E-state index contributed by atoms with van der Waals surface area (Å²) in [6, 6.07) is 5.57. The molecule has 103 valence electrons. The molecule has 3 nitrogen and oxygen atoms in total. The molecule has 0 aromatic carbocycles. The molecule has 0 atom stereocenters. The van der Waals surface area contributed by atoms with Crippen LogP contribution in [0.2, 0.25) is 0 Å². The maximum Gasteiger partial charge on any atom is 0.129 e. The van der Waals surface area contributed by atoms with E-state index in [0.717, 1.165) is 5.69 Å². The van der Waals surface area contributed by atoms with E-state index in [-0.39, 0.29) is 38.5 Å². The maximum atomic E-state index is 9.81. The number of nitrogen functional groups attached to an aromatic ring is 1. The topological polar surface area (TPSA) is 56.0 Å². The average molecular weight is 329 g/mol. The molecule has 0 aliphatic rings. The SMILES string of the molecule is CC.CC.CCC(C)=O.Cc1cccc(N)n1.[Y]. The number of hydrogen-bond acceptors (Lipinski definition) is 3. The first-order chi connectivity index (χ1) is 8.06. The van der Waals surface area contributed by atoms with Gasteiger partial charge in [0.05, 0.1) is 0 Å². The Morgan fingerprint density at radius 2 is 1.61 bits per heavy atom. The minimum atomic E-state index is 0. The summed E-state index contributed by atoms with van der Waals surface area (Å²) in [5.74, 6) is 0.843. The van der Waals surface area contributed by atoms with Gasteiger partial charge in [0, 0.05) is 44.8 Å². The van der Waals surface area contributed by atoms with Crippen LogP contribution in [0.1, 0.15) is 53.7 Å². The summed E-state index contributed by atoms with van der Waals surface area (Å²) in [5.41, 5.74) is 6.31. The van der Waals surface area contributed by atoms with Gasteiger partial charge in [0.1, 0.15) is 11.6 Å². The number of hydrogen-bond donors (Lipinski definition) is 1.